The Hall–Kier alpha value is -1.64. The van der Waals surface area contributed by atoms with Gasteiger partial charge < -0.3 is 15.7 Å². The molecule has 2 aliphatic rings. The van der Waals surface area contributed by atoms with E-state index in [0.29, 0.717) is 12.1 Å². The molecule has 1 saturated heterocycles. The van der Waals surface area contributed by atoms with Crippen LogP contribution in [0.3, 0.4) is 0 Å². The molecule has 148 valence electrons. The highest BCUT2D eigenvalue weighted by Crippen LogP contribution is 2.42. The van der Waals surface area contributed by atoms with Gasteiger partial charge in [-0.3, -0.25) is 0 Å². The SMILES string of the molecule is O=C(O)C(F)(F)F.c1cc2cc(C(NC3CCNCC3)C3CC3)ccc2s1. The molecule has 0 amide bonds. The molecule has 27 heavy (non-hydrogen) atoms. The Labute approximate surface area is 159 Å². The number of halogens is 3. The van der Waals surface area contributed by atoms with Crippen molar-refractivity contribution in [2.75, 3.05) is 13.1 Å². The van der Waals surface area contributed by atoms with Gasteiger partial charge in [-0.2, -0.15) is 13.2 Å². The summed E-state index contributed by atoms with van der Waals surface area (Å²) in [5, 5.41) is 18.1. The summed E-state index contributed by atoms with van der Waals surface area (Å²) in [6.07, 6.45) is 0.239. The van der Waals surface area contributed by atoms with E-state index >= 15 is 0 Å². The van der Waals surface area contributed by atoms with Gasteiger partial charge in [-0.05, 0) is 79.2 Å². The van der Waals surface area contributed by atoms with E-state index in [-0.39, 0.29) is 0 Å². The standard InChI is InChI=1S/C17H22N2S.C2HF3O2/c1-2-12(1)17(19-15-5-8-18-9-6-15)14-3-4-16-13(11-14)7-10-20-16;3-2(4,5)1(6)7/h3-4,7,10-12,15,17-19H,1-2,5-6,8-9H2;(H,6,7). The lowest BCUT2D eigenvalue weighted by Gasteiger charge is -2.29. The molecular weight excluding hydrogens is 377 g/mol. The highest BCUT2D eigenvalue weighted by atomic mass is 32.1. The van der Waals surface area contributed by atoms with Crippen LogP contribution in [0.4, 0.5) is 13.2 Å². The van der Waals surface area contributed by atoms with Crippen molar-refractivity contribution >= 4 is 27.4 Å². The Kier molecular flexibility index (Phi) is 6.39. The van der Waals surface area contributed by atoms with E-state index in [4.69, 9.17) is 9.90 Å². The molecule has 0 bridgehead atoms. The highest BCUT2D eigenvalue weighted by Gasteiger charge is 2.38. The van der Waals surface area contributed by atoms with Gasteiger partial charge in [0.05, 0.1) is 0 Å². The Bertz CT molecular complexity index is 768. The van der Waals surface area contributed by atoms with Crippen LogP contribution in [0.1, 0.15) is 37.3 Å². The predicted octanol–water partition coefficient (Wildman–Crippen LogP) is 4.33. The van der Waals surface area contributed by atoms with Gasteiger partial charge in [0.1, 0.15) is 0 Å². The monoisotopic (exact) mass is 400 g/mol. The number of thiophene rings is 1. The maximum Gasteiger partial charge on any atom is 0.490 e. The minimum atomic E-state index is -5.08. The van der Waals surface area contributed by atoms with E-state index in [1.807, 2.05) is 11.3 Å². The van der Waals surface area contributed by atoms with E-state index in [1.165, 1.54) is 54.4 Å². The summed E-state index contributed by atoms with van der Waals surface area (Å²) in [7, 11) is 0. The lowest BCUT2D eigenvalue weighted by atomic mass is 9.97. The Balaban J connectivity index is 0.000000260. The van der Waals surface area contributed by atoms with Gasteiger partial charge in [-0.15, -0.1) is 11.3 Å². The number of carboxylic acids is 1. The van der Waals surface area contributed by atoms with Crippen molar-refractivity contribution in [2.24, 2.45) is 5.92 Å². The summed E-state index contributed by atoms with van der Waals surface area (Å²) in [5.74, 6) is -1.89. The fourth-order valence-electron chi connectivity index (χ4n) is 3.36. The topological polar surface area (TPSA) is 61.4 Å². The molecule has 1 aromatic heterocycles. The zero-order valence-corrected chi connectivity index (χ0v) is 15.6. The van der Waals surface area contributed by atoms with Crippen molar-refractivity contribution in [3.63, 3.8) is 0 Å². The number of hydrogen-bond acceptors (Lipinski definition) is 4. The summed E-state index contributed by atoms with van der Waals surface area (Å²) in [6.45, 7) is 2.33. The van der Waals surface area contributed by atoms with Crippen LogP contribution in [0.2, 0.25) is 0 Å². The molecule has 1 saturated carbocycles. The first-order chi connectivity index (χ1) is 12.8. The van der Waals surface area contributed by atoms with Crippen LogP contribution in [-0.4, -0.2) is 36.4 Å². The number of piperidine rings is 1. The number of nitrogens with one attached hydrogen (secondary N) is 2. The zero-order valence-electron chi connectivity index (χ0n) is 14.8. The van der Waals surface area contributed by atoms with Crippen LogP contribution in [-0.2, 0) is 4.79 Å². The minimum absolute atomic E-state index is 0.572. The van der Waals surface area contributed by atoms with Gasteiger partial charge in [-0.25, -0.2) is 4.79 Å². The molecule has 4 rings (SSSR count). The molecule has 0 spiro atoms. The summed E-state index contributed by atoms with van der Waals surface area (Å²) in [5.41, 5.74) is 1.50. The molecule has 2 heterocycles. The van der Waals surface area contributed by atoms with E-state index in [9.17, 15) is 13.2 Å². The van der Waals surface area contributed by atoms with Crippen LogP contribution in [0, 0.1) is 5.92 Å². The quantitative estimate of drug-likeness (QED) is 0.715. The first kappa shape index (κ1) is 20.1. The number of hydrogen-bond donors (Lipinski definition) is 3. The van der Waals surface area contributed by atoms with Gasteiger partial charge in [0.25, 0.3) is 0 Å². The number of fused-ring (bicyclic) bond motifs is 1. The van der Waals surface area contributed by atoms with Crippen LogP contribution in [0.5, 0.6) is 0 Å². The molecule has 1 unspecified atom stereocenters. The first-order valence-electron chi connectivity index (χ1n) is 9.08. The molecule has 0 radical (unpaired) electrons. The molecule has 8 heteroatoms. The van der Waals surface area contributed by atoms with E-state index < -0.39 is 12.1 Å². The summed E-state index contributed by atoms with van der Waals surface area (Å²) < 4.78 is 33.1. The summed E-state index contributed by atoms with van der Waals surface area (Å²) >= 11 is 1.84. The number of alkyl halides is 3. The zero-order chi connectivity index (χ0) is 19.4. The smallest absolute Gasteiger partial charge is 0.475 e. The van der Waals surface area contributed by atoms with Gasteiger partial charge in [0.2, 0.25) is 0 Å². The largest absolute Gasteiger partial charge is 0.490 e. The van der Waals surface area contributed by atoms with Crippen molar-refractivity contribution < 1.29 is 23.1 Å². The third-order valence-corrected chi connectivity index (χ3v) is 5.82. The number of carbonyl (C=O) groups is 1. The van der Waals surface area contributed by atoms with E-state index in [0.717, 1.165) is 5.92 Å². The molecule has 1 aliphatic heterocycles. The van der Waals surface area contributed by atoms with Gasteiger partial charge in [0, 0.05) is 16.8 Å². The number of carboxylic acid groups (broad SMARTS) is 1. The van der Waals surface area contributed by atoms with Crippen molar-refractivity contribution in [1.29, 1.82) is 0 Å². The molecule has 1 aliphatic carbocycles. The normalized spacial score (nSPS) is 19.4. The number of aliphatic carboxylic acids is 1. The third kappa shape index (κ3) is 5.67. The molecule has 4 nitrogen and oxygen atoms in total. The van der Waals surface area contributed by atoms with Crippen LogP contribution < -0.4 is 10.6 Å². The van der Waals surface area contributed by atoms with Gasteiger partial charge in [0.15, 0.2) is 0 Å². The fourth-order valence-corrected chi connectivity index (χ4v) is 4.13. The second kappa shape index (κ2) is 8.58. The van der Waals surface area contributed by atoms with Crippen molar-refractivity contribution in [3.8, 4) is 0 Å². The number of rotatable bonds is 4. The lowest BCUT2D eigenvalue weighted by Crippen LogP contribution is -2.42. The van der Waals surface area contributed by atoms with Crippen LogP contribution in [0.25, 0.3) is 10.1 Å². The molecule has 1 aromatic carbocycles. The second-order valence-corrected chi connectivity index (χ2v) is 7.97. The molecule has 2 fully saturated rings. The fraction of sp³-hybridized carbons (Fsp3) is 0.526. The van der Waals surface area contributed by atoms with Gasteiger partial charge >= 0.3 is 12.1 Å². The summed E-state index contributed by atoms with van der Waals surface area (Å²) in [4.78, 5) is 8.90. The Morgan fingerprint density at radius 3 is 2.44 bits per heavy atom. The lowest BCUT2D eigenvalue weighted by molar-refractivity contribution is -0.192. The minimum Gasteiger partial charge on any atom is -0.475 e. The molecule has 2 aromatic rings. The average Bonchev–Trinajstić information content (AvgIpc) is 3.36. The van der Waals surface area contributed by atoms with Crippen LogP contribution in [0.15, 0.2) is 29.6 Å². The van der Waals surface area contributed by atoms with Crippen LogP contribution >= 0.6 is 11.3 Å². The van der Waals surface area contributed by atoms with Gasteiger partial charge in [-0.1, -0.05) is 6.07 Å². The highest BCUT2D eigenvalue weighted by molar-refractivity contribution is 7.17. The molecule has 1 atom stereocenters. The van der Waals surface area contributed by atoms with E-state index in [2.05, 4.69) is 40.3 Å². The first-order valence-corrected chi connectivity index (χ1v) is 9.96. The second-order valence-electron chi connectivity index (χ2n) is 7.03. The molecular formula is C19H23F3N2O2S. The summed E-state index contributed by atoms with van der Waals surface area (Å²) in [6, 6.07) is 10.6. The maximum atomic E-state index is 10.6. The van der Waals surface area contributed by atoms with Crippen molar-refractivity contribution in [1.82, 2.24) is 10.6 Å². The Morgan fingerprint density at radius 2 is 1.85 bits per heavy atom. The average molecular weight is 400 g/mol. The van der Waals surface area contributed by atoms with Crippen molar-refractivity contribution in [2.45, 2.75) is 43.9 Å². The molecule has 3 N–H and O–H groups in total. The Morgan fingerprint density at radius 1 is 1.19 bits per heavy atom. The number of benzene rings is 1. The predicted molar refractivity (Wildman–Crippen MR) is 100 cm³/mol. The van der Waals surface area contributed by atoms with Crippen molar-refractivity contribution in [3.05, 3.63) is 35.2 Å². The third-order valence-electron chi connectivity index (χ3n) is 4.93. The van der Waals surface area contributed by atoms with E-state index in [1.54, 1.807) is 0 Å². The maximum absolute atomic E-state index is 10.6.